The lowest BCUT2D eigenvalue weighted by molar-refractivity contribution is -0.117. The standard InChI is InChI=1S/C23H17FN4O3S/c1-11-21(32-12(2)25-11)19(29)17-18(13-6-4-3-5-7-13)28(22(31)20(17)30)23-26-15-9-8-14(24)10-16(15)27-23/h3-10,18,30H,1-2H3,(H,26,27). The summed E-state index contributed by atoms with van der Waals surface area (Å²) in [6, 6.07) is 12.0. The molecule has 1 unspecified atom stereocenters. The number of nitrogens with zero attached hydrogens (tertiary/aromatic N) is 3. The fourth-order valence-corrected chi connectivity index (χ4v) is 4.83. The van der Waals surface area contributed by atoms with Crippen LogP contribution in [0, 0.1) is 19.7 Å². The van der Waals surface area contributed by atoms with E-state index in [2.05, 4.69) is 15.0 Å². The van der Waals surface area contributed by atoms with Gasteiger partial charge in [0.25, 0.3) is 5.91 Å². The number of aromatic amines is 1. The minimum Gasteiger partial charge on any atom is -0.503 e. The number of aliphatic hydroxyl groups excluding tert-OH is 1. The number of anilines is 1. The Bertz CT molecular complexity index is 1420. The Hall–Kier alpha value is -3.85. The van der Waals surface area contributed by atoms with Crippen LogP contribution in [0.25, 0.3) is 11.0 Å². The largest absolute Gasteiger partial charge is 0.503 e. The molecule has 7 nitrogen and oxygen atoms in total. The number of halogens is 1. The molecule has 0 saturated carbocycles. The van der Waals surface area contributed by atoms with Crippen molar-refractivity contribution in [3.05, 3.63) is 86.8 Å². The Morgan fingerprint density at radius 2 is 1.91 bits per heavy atom. The number of aliphatic hydroxyl groups is 1. The van der Waals surface area contributed by atoms with Crippen LogP contribution in [-0.4, -0.2) is 31.7 Å². The van der Waals surface area contributed by atoms with E-state index in [1.54, 1.807) is 38.1 Å². The summed E-state index contributed by atoms with van der Waals surface area (Å²) in [5, 5.41) is 11.5. The van der Waals surface area contributed by atoms with Crippen molar-refractivity contribution in [2.24, 2.45) is 0 Å². The topological polar surface area (TPSA) is 99.2 Å². The van der Waals surface area contributed by atoms with Crippen LogP contribution in [0.15, 0.2) is 59.9 Å². The van der Waals surface area contributed by atoms with Gasteiger partial charge in [-0.05, 0) is 37.6 Å². The number of thiazole rings is 1. The van der Waals surface area contributed by atoms with Gasteiger partial charge in [-0.2, -0.15) is 0 Å². The van der Waals surface area contributed by atoms with Gasteiger partial charge in [0, 0.05) is 0 Å². The lowest BCUT2D eigenvalue weighted by Crippen LogP contribution is -2.32. The molecule has 1 atom stereocenters. The van der Waals surface area contributed by atoms with Crippen LogP contribution in [0.5, 0.6) is 0 Å². The number of aryl methyl sites for hydroxylation is 2. The number of carbonyl (C=O) groups is 2. The molecule has 1 amide bonds. The molecular formula is C23H17FN4O3S. The van der Waals surface area contributed by atoms with Crippen LogP contribution in [-0.2, 0) is 4.79 Å². The maximum atomic E-state index is 13.7. The summed E-state index contributed by atoms with van der Waals surface area (Å²) in [6.45, 7) is 3.51. The first kappa shape index (κ1) is 20.1. The van der Waals surface area contributed by atoms with Gasteiger partial charge in [-0.1, -0.05) is 30.3 Å². The molecular weight excluding hydrogens is 431 g/mol. The third-order valence-electron chi connectivity index (χ3n) is 5.34. The van der Waals surface area contributed by atoms with Crippen LogP contribution in [0.3, 0.4) is 0 Å². The molecule has 3 heterocycles. The molecule has 32 heavy (non-hydrogen) atoms. The first-order valence-corrected chi connectivity index (χ1v) is 10.6. The Balaban J connectivity index is 1.68. The number of benzene rings is 2. The number of hydrogen-bond acceptors (Lipinski definition) is 6. The van der Waals surface area contributed by atoms with E-state index in [1.165, 1.54) is 34.4 Å². The second-order valence-electron chi connectivity index (χ2n) is 7.45. The summed E-state index contributed by atoms with van der Waals surface area (Å²) < 4.78 is 13.7. The number of fused-ring (bicyclic) bond motifs is 1. The predicted octanol–water partition coefficient (Wildman–Crippen LogP) is 4.56. The lowest BCUT2D eigenvalue weighted by atomic mass is 9.95. The van der Waals surface area contributed by atoms with Crippen LogP contribution < -0.4 is 4.90 Å². The molecule has 0 saturated heterocycles. The van der Waals surface area contributed by atoms with Crippen molar-refractivity contribution < 1.29 is 19.1 Å². The van der Waals surface area contributed by atoms with Crippen molar-refractivity contribution in [3.63, 3.8) is 0 Å². The number of amides is 1. The zero-order valence-corrected chi connectivity index (χ0v) is 17.9. The van der Waals surface area contributed by atoms with Gasteiger partial charge in [-0.25, -0.2) is 14.4 Å². The third-order valence-corrected chi connectivity index (χ3v) is 6.41. The van der Waals surface area contributed by atoms with Crippen molar-refractivity contribution in [2.75, 3.05) is 4.90 Å². The summed E-state index contributed by atoms with van der Waals surface area (Å²) in [5.74, 6) is -2.21. The fraction of sp³-hybridized carbons (Fsp3) is 0.130. The van der Waals surface area contributed by atoms with Crippen LogP contribution in [0.4, 0.5) is 10.3 Å². The number of hydrogen-bond donors (Lipinski definition) is 2. The summed E-state index contributed by atoms with van der Waals surface area (Å²) in [5.41, 5.74) is 1.97. The van der Waals surface area contributed by atoms with E-state index >= 15 is 0 Å². The summed E-state index contributed by atoms with van der Waals surface area (Å²) in [4.78, 5) is 39.9. The minimum absolute atomic E-state index is 0.0420. The van der Waals surface area contributed by atoms with Crippen molar-refractivity contribution in [1.29, 1.82) is 0 Å². The van der Waals surface area contributed by atoms with Gasteiger partial charge in [-0.3, -0.25) is 14.5 Å². The summed E-state index contributed by atoms with van der Waals surface area (Å²) in [7, 11) is 0. The van der Waals surface area contributed by atoms with Crippen molar-refractivity contribution >= 4 is 40.0 Å². The van der Waals surface area contributed by atoms with E-state index in [4.69, 9.17) is 0 Å². The molecule has 2 aromatic heterocycles. The molecule has 9 heteroatoms. The van der Waals surface area contributed by atoms with Gasteiger partial charge in [-0.15, -0.1) is 11.3 Å². The molecule has 0 fully saturated rings. The number of carbonyl (C=O) groups excluding carboxylic acids is 2. The molecule has 1 aliphatic rings. The number of H-pyrrole nitrogens is 1. The summed E-state index contributed by atoms with van der Waals surface area (Å²) in [6.07, 6.45) is 0. The maximum absolute atomic E-state index is 13.7. The highest BCUT2D eigenvalue weighted by atomic mass is 32.1. The van der Waals surface area contributed by atoms with Gasteiger partial charge in [0.15, 0.2) is 5.76 Å². The molecule has 0 bridgehead atoms. The Labute approximate surface area is 185 Å². The highest BCUT2D eigenvalue weighted by molar-refractivity contribution is 7.14. The fourth-order valence-electron chi connectivity index (χ4n) is 3.95. The average molecular weight is 448 g/mol. The van der Waals surface area contributed by atoms with Gasteiger partial charge >= 0.3 is 0 Å². The van der Waals surface area contributed by atoms with Crippen LogP contribution >= 0.6 is 11.3 Å². The highest BCUT2D eigenvalue weighted by Gasteiger charge is 2.46. The monoisotopic (exact) mass is 448 g/mol. The number of Topliss-reactive ketones (excluding diaryl/α,β-unsaturated/α-hetero) is 1. The van der Waals surface area contributed by atoms with E-state index in [0.717, 1.165) is 0 Å². The first-order valence-electron chi connectivity index (χ1n) is 9.80. The number of ketones is 1. The van der Waals surface area contributed by atoms with Crippen molar-refractivity contribution in [3.8, 4) is 0 Å². The van der Waals surface area contributed by atoms with Gasteiger partial charge in [0.1, 0.15) is 5.82 Å². The zero-order valence-electron chi connectivity index (χ0n) is 17.1. The molecule has 0 radical (unpaired) electrons. The van der Waals surface area contributed by atoms with E-state index in [9.17, 15) is 19.1 Å². The van der Waals surface area contributed by atoms with Gasteiger partial charge in [0.05, 0.1) is 38.2 Å². The second-order valence-corrected chi connectivity index (χ2v) is 8.65. The average Bonchev–Trinajstić information content (AvgIpc) is 3.41. The number of rotatable bonds is 4. The Morgan fingerprint density at radius 1 is 1.16 bits per heavy atom. The van der Waals surface area contributed by atoms with E-state index in [1.807, 2.05) is 6.07 Å². The van der Waals surface area contributed by atoms with Crippen molar-refractivity contribution in [2.45, 2.75) is 19.9 Å². The normalized spacial score (nSPS) is 16.4. The molecule has 2 N–H and O–H groups in total. The Kier molecular flexibility index (Phi) is 4.63. The molecule has 1 aliphatic heterocycles. The minimum atomic E-state index is -0.914. The Morgan fingerprint density at radius 3 is 2.59 bits per heavy atom. The lowest BCUT2D eigenvalue weighted by Gasteiger charge is -2.24. The third kappa shape index (κ3) is 3.09. The quantitative estimate of drug-likeness (QED) is 0.446. The number of imidazole rings is 1. The first-order chi connectivity index (χ1) is 15.3. The van der Waals surface area contributed by atoms with Crippen molar-refractivity contribution in [1.82, 2.24) is 15.0 Å². The number of nitrogens with one attached hydrogen (secondary N) is 1. The number of aromatic nitrogens is 3. The molecule has 4 aromatic rings. The SMILES string of the molecule is Cc1nc(C)c(C(=O)C2=C(O)C(=O)N(c3nc4ccc(F)cc4[nH]3)C2c2ccccc2)s1. The van der Waals surface area contributed by atoms with Gasteiger partial charge in [0.2, 0.25) is 11.7 Å². The maximum Gasteiger partial charge on any atom is 0.296 e. The van der Waals surface area contributed by atoms with Crippen LogP contribution in [0.2, 0.25) is 0 Å². The molecule has 160 valence electrons. The second kappa shape index (κ2) is 7.38. The van der Waals surface area contributed by atoms with Crippen LogP contribution in [0.1, 0.15) is 32.0 Å². The van der Waals surface area contributed by atoms with E-state index in [0.29, 0.717) is 32.2 Å². The zero-order chi connectivity index (χ0) is 22.6. The van der Waals surface area contributed by atoms with Gasteiger partial charge < -0.3 is 10.1 Å². The molecule has 5 rings (SSSR count). The highest BCUT2D eigenvalue weighted by Crippen LogP contribution is 2.42. The predicted molar refractivity (Wildman–Crippen MR) is 118 cm³/mol. The molecule has 2 aromatic carbocycles. The summed E-state index contributed by atoms with van der Waals surface area (Å²) >= 11 is 1.21. The van der Waals surface area contributed by atoms with E-state index in [-0.39, 0.29) is 11.5 Å². The van der Waals surface area contributed by atoms with E-state index < -0.39 is 29.3 Å². The molecule has 0 aliphatic carbocycles. The molecule has 0 spiro atoms. The smallest absolute Gasteiger partial charge is 0.296 e.